The molecule has 0 spiro atoms. The van der Waals surface area contributed by atoms with Crippen LogP contribution in [0.25, 0.3) is 0 Å². The monoisotopic (exact) mass is 241 g/mol. The van der Waals surface area contributed by atoms with Gasteiger partial charge in [0.25, 0.3) is 0 Å². The highest BCUT2D eigenvalue weighted by atomic mass is 32.2. The SMILES string of the molecule is CCOc1cccc(CS[C@H](C)[C@@H](C)O)n1. The fourth-order valence-corrected chi connectivity index (χ4v) is 2.00. The second-order valence-electron chi connectivity index (χ2n) is 3.66. The summed E-state index contributed by atoms with van der Waals surface area (Å²) in [5.74, 6) is 1.47. The van der Waals surface area contributed by atoms with Crippen molar-refractivity contribution in [3.63, 3.8) is 0 Å². The third-order valence-corrected chi connectivity index (χ3v) is 3.63. The fourth-order valence-electron chi connectivity index (χ4n) is 1.12. The maximum atomic E-state index is 9.37. The van der Waals surface area contributed by atoms with Crippen LogP contribution >= 0.6 is 11.8 Å². The van der Waals surface area contributed by atoms with Crippen LogP contribution in [0, 0.1) is 0 Å². The van der Waals surface area contributed by atoms with Crippen LogP contribution in [0.2, 0.25) is 0 Å². The van der Waals surface area contributed by atoms with Crippen molar-refractivity contribution in [1.82, 2.24) is 4.98 Å². The molecule has 16 heavy (non-hydrogen) atoms. The number of aromatic nitrogens is 1. The van der Waals surface area contributed by atoms with Crippen LogP contribution in [-0.4, -0.2) is 28.1 Å². The van der Waals surface area contributed by atoms with E-state index in [9.17, 15) is 5.11 Å². The van der Waals surface area contributed by atoms with Crippen LogP contribution in [0.4, 0.5) is 0 Å². The fraction of sp³-hybridized carbons (Fsp3) is 0.583. The van der Waals surface area contributed by atoms with E-state index in [4.69, 9.17) is 4.74 Å². The van der Waals surface area contributed by atoms with Crippen LogP contribution in [0.1, 0.15) is 26.5 Å². The van der Waals surface area contributed by atoms with Crippen LogP contribution in [0.5, 0.6) is 5.88 Å². The molecular weight excluding hydrogens is 222 g/mol. The molecule has 3 nitrogen and oxygen atoms in total. The average Bonchev–Trinajstić information content (AvgIpc) is 2.26. The molecule has 0 amide bonds. The minimum Gasteiger partial charge on any atom is -0.478 e. The molecule has 0 aromatic carbocycles. The van der Waals surface area contributed by atoms with Gasteiger partial charge in [-0.15, -0.1) is 11.8 Å². The summed E-state index contributed by atoms with van der Waals surface area (Å²) in [5, 5.41) is 9.59. The van der Waals surface area contributed by atoms with Crippen molar-refractivity contribution >= 4 is 11.8 Å². The molecule has 0 aliphatic heterocycles. The van der Waals surface area contributed by atoms with Gasteiger partial charge in [-0.05, 0) is 19.9 Å². The molecule has 0 unspecified atom stereocenters. The van der Waals surface area contributed by atoms with E-state index in [-0.39, 0.29) is 11.4 Å². The van der Waals surface area contributed by atoms with E-state index in [1.165, 1.54) is 0 Å². The van der Waals surface area contributed by atoms with Crippen molar-refractivity contribution in [2.75, 3.05) is 6.61 Å². The predicted octanol–water partition coefficient (Wildman–Crippen LogP) is 2.48. The van der Waals surface area contributed by atoms with Crippen LogP contribution in [0.15, 0.2) is 18.2 Å². The van der Waals surface area contributed by atoms with Gasteiger partial charge in [0, 0.05) is 17.1 Å². The van der Waals surface area contributed by atoms with Crippen LogP contribution in [-0.2, 0) is 5.75 Å². The lowest BCUT2D eigenvalue weighted by molar-refractivity contribution is 0.196. The van der Waals surface area contributed by atoms with Gasteiger partial charge in [-0.2, -0.15) is 0 Å². The topological polar surface area (TPSA) is 42.4 Å². The summed E-state index contributed by atoms with van der Waals surface area (Å²) in [6.45, 7) is 6.40. The van der Waals surface area contributed by atoms with Crippen molar-refractivity contribution in [1.29, 1.82) is 0 Å². The summed E-state index contributed by atoms with van der Waals surface area (Å²) in [4.78, 5) is 4.37. The zero-order valence-corrected chi connectivity index (χ0v) is 10.8. The number of ether oxygens (including phenoxy) is 1. The first-order valence-electron chi connectivity index (χ1n) is 5.52. The Kier molecular flexibility index (Phi) is 5.63. The van der Waals surface area contributed by atoms with Gasteiger partial charge >= 0.3 is 0 Å². The highest BCUT2D eigenvalue weighted by molar-refractivity contribution is 7.99. The number of thioether (sulfide) groups is 1. The molecule has 0 saturated heterocycles. The Morgan fingerprint density at radius 2 is 2.19 bits per heavy atom. The number of hydrogen-bond donors (Lipinski definition) is 1. The van der Waals surface area contributed by atoms with Gasteiger partial charge in [-0.3, -0.25) is 0 Å². The number of pyridine rings is 1. The van der Waals surface area contributed by atoms with E-state index in [1.807, 2.05) is 39.0 Å². The van der Waals surface area contributed by atoms with Crippen LogP contribution < -0.4 is 4.74 Å². The molecule has 1 heterocycles. The minimum atomic E-state index is -0.292. The molecule has 1 rings (SSSR count). The van der Waals surface area contributed by atoms with Crippen molar-refractivity contribution in [3.05, 3.63) is 23.9 Å². The lowest BCUT2D eigenvalue weighted by Gasteiger charge is -2.13. The molecular formula is C12H19NO2S. The van der Waals surface area contributed by atoms with Gasteiger partial charge in [0.05, 0.1) is 18.4 Å². The molecule has 1 aromatic heterocycles. The van der Waals surface area contributed by atoms with Gasteiger partial charge in [-0.1, -0.05) is 13.0 Å². The summed E-state index contributed by atoms with van der Waals surface area (Å²) < 4.78 is 5.33. The second kappa shape index (κ2) is 6.76. The molecule has 0 radical (unpaired) electrons. The number of aliphatic hydroxyl groups excluding tert-OH is 1. The zero-order valence-electron chi connectivity index (χ0n) is 10.0. The number of aliphatic hydroxyl groups is 1. The molecule has 0 fully saturated rings. The predicted molar refractivity (Wildman–Crippen MR) is 67.8 cm³/mol. The molecule has 2 atom stereocenters. The summed E-state index contributed by atoms with van der Waals surface area (Å²) >= 11 is 1.70. The Morgan fingerprint density at radius 3 is 2.81 bits per heavy atom. The molecule has 1 N–H and O–H groups in total. The Bertz CT molecular complexity index is 318. The standard InChI is InChI=1S/C12H19NO2S/c1-4-15-12-7-5-6-11(13-12)8-16-10(3)9(2)14/h5-7,9-10,14H,4,8H2,1-3H3/t9-,10-/m1/s1. The smallest absolute Gasteiger partial charge is 0.213 e. The first-order valence-corrected chi connectivity index (χ1v) is 6.56. The number of rotatable bonds is 6. The average molecular weight is 241 g/mol. The summed E-state index contributed by atoms with van der Waals surface area (Å²) in [5.41, 5.74) is 0.989. The van der Waals surface area contributed by atoms with E-state index in [0.29, 0.717) is 12.5 Å². The molecule has 0 saturated carbocycles. The van der Waals surface area contributed by atoms with Crippen molar-refractivity contribution in [3.8, 4) is 5.88 Å². The Labute approximate surface area is 101 Å². The summed E-state index contributed by atoms with van der Waals surface area (Å²) in [7, 11) is 0. The van der Waals surface area contributed by atoms with Gasteiger partial charge in [0.15, 0.2) is 0 Å². The zero-order chi connectivity index (χ0) is 12.0. The van der Waals surface area contributed by atoms with Crippen molar-refractivity contribution in [2.24, 2.45) is 0 Å². The molecule has 1 aromatic rings. The lowest BCUT2D eigenvalue weighted by Crippen LogP contribution is -2.15. The normalized spacial score (nSPS) is 14.5. The Balaban J connectivity index is 2.50. The maximum Gasteiger partial charge on any atom is 0.213 e. The third-order valence-electron chi connectivity index (χ3n) is 2.25. The van der Waals surface area contributed by atoms with Gasteiger partial charge < -0.3 is 9.84 Å². The highest BCUT2D eigenvalue weighted by Crippen LogP contribution is 2.20. The molecule has 0 aliphatic rings. The van der Waals surface area contributed by atoms with Crippen molar-refractivity contribution < 1.29 is 9.84 Å². The van der Waals surface area contributed by atoms with Crippen LogP contribution in [0.3, 0.4) is 0 Å². The van der Waals surface area contributed by atoms with E-state index in [1.54, 1.807) is 11.8 Å². The van der Waals surface area contributed by atoms with Crippen molar-refractivity contribution in [2.45, 2.75) is 37.9 Å². The third kappa shape index (κ3) is 4.41. The Morgan fingerprint density at radius 1 is 1.44 bits per heavy atom. The highest BCUT2D eigenvalue weighted by Gasteiger charge is 2.09. The largest absolute Gasteiger partial charge is 0.478 e. The summed E-state index contributed by atoms with van der Waals surface area (Å²) in [6, 6.07) is 5.78. The van der Waals surface area contributed by atoms with E-state index in [0.717, 1.165) is 11.4 Å². The minimum absolute atomic E-state index is 0.220. The number of hydrogen-bond acceptors (Lipinski definition) is 4. The quantitative estimate of drug-likeness (QED) is 0.831. The molecule has 4 heteroatoms. The molecule has 0 bridgehead atoms. The first-order chi connectivity index (χ1) is 7.63. The first kappa shape index (κ1) is 13.3. The maximum absolute atomic E-state index is 9.37. The van der Waals surface area contributed by atoms with Gasteiger partial charge in [0.2, 0.25) is 5.88 Å². The Hall–Kier alpha value is -0.740. The molecule has 0 aliphatic carbocycles. The summed E-state index contributed by atoms with van der Waals surface area (Å²) in [6.07, 6.45) is -0.292. The second-order valence-corrected chi connectivity index (χ2v) is 5.02. The van der Waals surface area contributed by atoms with Gasteiger partial charge in [-0.25, -0.2) is 4.98 Å². The van der Waals surface area contributed by atoms with E-state index in [2.05, 4.69) is 4.98 Å². The van der Waals surface area contributed by atoms with E-state index < -0.39 is 0 Å². The molecule has 90 valence electrons. The number of nitrogens with zero attached hydrogens (tertiary/aromatic N) is 1. The van der Waals surface area contributed by atoms with Gasteiger partial charge in [0.1, 0.15) is 0 Å². The lowest BCUT2D eigenvalue weighted by atomic mass is 10.3. The van der Waals surface area contributed by atoms with E-state index >= 15 is 0 Å².